The largest absolute Gasteiger partial charge is 0.389 e. The Morgan fingerprint density at radius 2 is 2.41 bits per heavy atom. The number of nitrogens with two attached hydrogens (primary N) is 1. The minimum absolute atomic E-state index is 0.0817. The maximum absolute atomic E-state index is 13.6. The van der Waals surface area contributed by atoms with Gasteiger partial charge in [0.1, 0.15) is 10.8 Å². The SMILES string of the molecule is NC(=S)c1ccc(NCC2CCOC2)cc1F. The molecule has 0 radical (unpaired) electrons. The molecule has 1 aromatic carbocycles. The number of rotatable bonds is 4. The summed E-state index contributed by atoms with van der Waals surface area (Å²) in [4.78, 5) is 0.0817. The van der Waals surface area contributed by atoms with Crippen LogP contribution in [0.25, 0.3) is 0 Å². The van der Waals surface area contributed by atoms with Crippen molar-refractivity contribution in [1.29, 1.82) is 0 Å². The molecule has 0 amide bonds. The summed E-state index contributed by atoms with van der Waals surface area (Å²) in [5.41, 5.74) is 6.42. The van der Waals surface area contributed by atoms with Crippen LogP contribution in [0.1, 0.15) is 12.0 Å². The summed E-state index contributed by atoms with van der Waals surface area (Å²) in [5, 5.41) is 3.19. The van der Waals surface area contributed by atoms with Gasteiger partial charge < -0.3 is 15.8 Å². The molecule has 1 unspecified atom stereocenters. The van der Waals surface area contributed by atoms with Gasteiger partial charge in [-0.15, -0.1) is 0 Å². The van der Waals surface area contributed by atoms with Crippen molar-refractivity contribution >= 4 is 22.9 Å². The molecule has 1 saturated heterocycles. The van der Waals surface area contributed by atoms with Crippen LogP contribution in [0.3, 0.4) is 0 Å². The summed E-state index contributed by atoms with van der Waals surface area (Å²) in [6.45, 7) is 2.40. The molecule has 1 aliphatic heterocycles. The van der Waals surface area contributed by atoms with Crippen molar-refractivity contribution in [2.24, 2.45) is 11.7 Å². The van der Waals surface area contributed by atoms with Gasteiger partial charge in [-0.2, -0.15) is 0 Å². The van der Waals surface area contributed by atoms with Crippen LogP contribution in [0, 0.1) is 11.7 Å². The van der Waals surface area contributed by atoms with Gasteiger partial charge in [-0.1, -0.05) is 12.2 Å². The summed E-state index contributed by atoms with van der Waals surface area (Å²) < 4.78 is 18.8. The van der Waals surface area contributed by atoms with Crippen molar-refractivity contribution < 1.29 is 9.13 Å². The van der Waals surface area contributed by atoms with E-state index >= 15 is 0 Å². The molecule has 3 nitrogen and oxygen atoms in total. The average Bonchev–Trinajstić information content (AvgIpc) is 2.78. The molecule has 1 fully saturated rings. The zero-order valence-corrected chi connectivity index (χ0v) is 10.2. The maximum atomic E-state index is 13.6. The minimum Gasteiger partial charge on any atom is -0.389 e. The number of benzene rings is 1. The lowest BCUT2D eigenvalue weighted by Crippen LogP contribution is -2.15. The van der Waals surface area contributed by atoms with E-state index in [0.717, 1.165) is 31.9 Å². The van der Waals surface area contributed by atoms with Crippen LogP contribution >= 0.6 is 12.2 Å². The Kier molecular flexibility index (Phi) is 3.91. The van der Waals surface area contributed by atoms with Crippen molar-refractivity contribution in [2.75, 3.05) is 25.1 Å². The molecule has 1 aromatic rings. The van der Waals surface area contributed by atoms with Crippen molar-refractivity contribution in [3.8, 4) is 0 Å². The Balaban J connectivity index is 1.97. The Bertz CT molecular complexity index is 419. The van der Waals surface area contributed by atoms with E-state index in [1.807, 2.05) is 0 Å². The van der Waals surface area contributed by atoms with E-state index in [1.54, 1.807) is 12.1 Å². The molecule has 0 bridgehead atoms. The molecule has 2 rings (SSSR count). The molecule has 1 heterocycles. The first-order valence-corrected chi connectivity index (χ1v) is 5.98. The number of nitrogens with one attached hydrogen (secondary N) is 1. The van der Waals surface area contributed by atoms with Crippen molar-refractivity contribution in [3.63, 3.8) is 0 Å². The number of halogens is 1. The second-order valence-electron chi connectivity index (χ2n) is 4.17. The number of hydrogen-bond acceptors (Lipinski definition) is 3. The van der Waals surface area contributed by atoms with E-state index in [1.165, 1.54) is 6.07 Å². The van der Waals surface area contributed by atoms with Crippen LogP contribution in [0.4, 0.5) is 10.1 Å². The standard InChI is InChI=1S/C12H15FN2OS/c13-11-5-9(1-2-10(11)12(14)17)15-6-8-3-4-16-7-8/h1-2,5,8,15H,3-4,6-7H2,(H2,14,17). The van der Waals surface area contributed by atoms with Gasteiger partial charge in [0.05, 0.1) is 6.61 Å². The van der Waals surface area contributed by atoms with E-state index in [9.17, 15) is 4.39 Å². The predicted octanol–water partition coefficient (Wildman–Crippen LogP) is 1.91. The number of anilines is 1. The molecule has 0 spiro atoms. The third kappa shape index (κ3) is 3.14. The van der Waals surface area contributed by atoms with Crippen LogP contribution in [-0.4, -0.2) is 24.7 Å². The van der Waals surface area contributed by atoms with Gasteiger partial charge >= 0.3 is 0 Å². The summed E-state index contributed by atoms with van der Waals surface area (Å²) in [7, 11) is 0. The van der Waals surface area contributed by atoms with Crippen LogP contribution in [0.15, 0.2) is 18.2 Å². The normalized spacial score (nSPS) is 19.2. The number of thiocarbonyl (C=S) groups is 1. The highest BCUT2D eigenvalue weighted by molar-refractivity contribution is 7.80. The highest BCUT2D eigenvalue weighted by Crippen LogP contribution is 2.17. The molecule has 3 N–H and O–H groups in total. The van der Waals surface area contributed by atoms with Crippen molar-refractivity contribution in [3.05, 3.63) is 29.6 Å². The van der Waals surface area contributed by atoms with Gasteiger partial charge in [0.25, 0.3) is 0 Å². The second-order valence-corrected chi connectivity index (χ2v) is 4.61. The summed E-state index contributed by atoms with van der Waals surface area (Å²) >= 11 is 4.75. The molecular formula is C12H15FN2OS. The van der Waals surface area contributed by atoms with Gasteiger partial charge in [-0.25, -0.2) is 4.39 Å². The lowest BCUT2D eigenvalue weighted by atomic mass is 10.1. The Hall–Kier alpha value is -1.20. The molecule has 5 heteroatoms. The first-order valence-electron chi connectivity index (χ1n) is 5.58. The monoisotopic (exact) mass is 254 g/mol. The summed E-state index contributed by atoms with van der Waals surface area (Å²) in [6, 6.07) is 4.81. The lowest BCUT2D eigenvalue weighted by molar-refractivity contribution is 0.187. The number of hydrogen-bond donors (Lipinski definition) is 2. The fraction of sp³-hybridized carbons (Fsp3) is 0.417. The van der Waals surface area contributed by atoms with Crippen molar-refractivity contribution in [2.45, 2.75) is 6.42 Å². The van der Waals surface area contributed by atoms with E-state index in [4.69, 9.17) is 22.7 Å². The molecular weight excluding hydrogens is 239 g/mol. The van der Waals surface area contributed by atoms with Gasteiger partial charge in [-0.05, 0) is 24.6 Å². The fourth-order valence-corrected chi connectivity index (χ4v) is 2.00. The van der Waals surface area contributed by atoms with E-state index in [-0.39, 0.29) is 16.4 Å². The second kappa shape index (κ2) is 5.42. The summed E-state index contributed by atoms with van der Waals surface area (Å²) in [5.74, 6) is 0.124. The van der Waals surface area contributed by atoms with E-state index < -0.39 is 0 Å². The zero-order chi connectivity index (χ0) is 12.3. The van der Waals surface area contributed by atoms with Gasteiger partial charge in [0, 0.05) is 30.3 Å². The van der Waals surface area contributed by atoms with Crippen LogP contribution in [0.5, 0.6) is 0 Å². The number of ether oxygens (including phenoxy) is 1. The van der Waals surface area contributed by atoms with Crippen LogP contribution < -0.4 is 11.1 Å². The average molecular weight is 254 g/mol. The van der Waals surface area contributed by atoms with E-state index in [2.05, 4.69) is 5.32 Å². The molecule has 0 saturated carbocycles. The topological polar surface area (TPSA) is 47.3 Å². The van der Waals surface area contributed by atoms with Crippen LogP contribution in [0.2, 0.25) is 0 Å². The predicted molar refractivity (Wildman–Crippen MR) is 69.7 cm³/mol. The highest BCUT2D eigenvalue weighted by atomic mass is 32.1. The maximum Gasteiger partial charge on any atom is 0.135 e. The molecule has 0 aliphatic carbocycles. The van der Waals surface area contributed by atoms with Crippen LogP contribution in [-0.2, 0) is 4.74 Å². The van der Waals surface area contributed by atoms with Gasteiger partial charge in [-0.3, -0.25) is 0 Å². The molecule has 92 valence electrons. The zero-order valence-electron chi connectivity index (χ0n) is 9.41. The Morgan fingerprint density at radius 1 is 1.59 bits per heavy atom. The lowest BCUT2D eigenvalue weighted by Gasteiger charge is -2.11. The molecule has 0 aromatic heterocycles. The minimum atomic E-state index is -0.384. The third-order valence-electron chi connectivity index (χ3n) is 2.85. The fourth-order valence-electron chi connectivity index (χ4n) is 1.83. The van der Waals surface area contributed by atoms with E-state index in [0.29, 0.717) is 5.92 Å². The quantitative estimate of drug-likeness (QED) is 0.806. The third-order valence-corrected chi connectivity index (χ3v) is 3.07. The highest BCUT2D eigenvalue weighted by Gasteiger charge is 2.15. The Morgan fingerprint density at radius 3 is 3.00 bits per heavy atom. The van der Waals surface area contributed by atoms with Gasteiger partial charge in [0.2, 0.25) is 0 Å². The summed E-state index contributed by atoms with van der Waals surface area (Å²) in [6.07, 6.45) is 1.06. The Labute approximate surface area is 105 Å². The smallest absolute Gasteiger partial charge is 0.135 e. The van der Waals surface area contributed by atoms with Crippen molar-refractivity contribution in [1.82, 2.24) is 0 Å². The first kappa shape index (κ1) is 12.3. The first-order chi connectivity index (χ1) is 8.16. The van der Waals surface area contributed by atoms with Gasteiger partial charge in [0.15, 0.2) is 0 Å². The molecule has 17 heavy (non-hydrogen) atoms. The molecule has 1 aliphatic rings. The molecule has 1 atom stereocenters.